The van der Waals surface area contributed by atoms with Crippen LogP contribution in [0.15, 0.2) is 0 Å². The van der Waals surface area contributed by atoms with Gasteiger partial charge >= 0.3 is 0 Å². The molecular weight excluding hydrogens is 200 g/mol. The maximum Gasteiger partial charge on any atom is -0.0349 e. The lowest BCUT2D eigenvalue weighted by molar-refractivity contribution is -0.202. The van der Waals surface area contributed by atoms with Gasteiger partial charge in [0, 0.05) is 0 Å². The van der Waals surface area contributed by atoms with E-state index < -0.39 is 0 Å². The Labute approximate surface area is 97.0 Å². The molecule has 90 valence electrons. The molecule has 7 fully saturated rings. The molecule has 16 heavy (non-hydrogen) atoms. The molecule has 7 aliphatic rings. The van der Waals surface area contributed by atoms with E-state index in [0.717, 1.165) is 0 Å². The highest BCUT2D eigenvalue weighted by Crippen LogP contribution is 2.71. The topological polar surface area (TPSA) is 40.5 Å². The first kappa shape index (κ1) is 9.90. The first-order valence-electron chi connectivity index (χ1n) is 7.10. The molecule has 2 nitrogen and oxygen atoms in total. The Hall–Kier alpha value is -0.0800. The predicted octanol–water partition coefficient (Wildman–Crippen LogP) is 3.34. The number of rotatable bonds is 0. The smallest absolute Gasteiger partial charge is 0.0349 e. The third-order valence-electron chi connectivity index (χ3n) is 6.93. The third-order valence-corrected chi connectivity index (χ3v) is 6.93. The van der Waals surface area contributed by atoms with Gasteiger partial charge < -0.3 is 0 Å². The average Bonchev–Trinajstić information content (AvgIpc) is 2.37. The van der Waals surface area contributed by atoms with E-state index in [1.807, 2.05) is 0 Å². The van der Waals surface area contributed by atoms with Crippen molar-refractivity contribution < 1.29 is 10.5 Å². The van der Waals surface area contributed by atoms with Gasteiger partial charge in [0.25, 0.3) is 0 Å². The summed E-state index contributed by atoms with van der Waals surface area (Å²) in [5.41, 5.74) is 0. The monoisotopic (exact) mass is 222 g/mol. The Morgan fingerprint density at radius 1 is 0.438 bits per heavy atom. The van der Waals surface area contributed by atoms with Gasteiger partial charge in [0.05, 0.1) is 0 Å². The van der Waals surface area contributed by atoms with E-state index in [1.54, 1.807) is 38.5 Å². The summed E-state index contributed by atoms with van der Waals surface area (Å²) in [6.07, 6.45) is 9.93. The molecule has 7 aliphatic carbocycles. The van der Waals surface area contributed by atoms with E-state index in [0.29, 0.717) is 0 Å². The molecule has 0 aromatic heterocycles. The average molecular weight is 222 g/mol. The van der Waals surface area contributed by atoms with Crippen molar-refractivity contribution in [1.82, 2.24) is 0 Å². The maximum absolute atomic E-state index is 6.00. The second-order valence-electron chi connectivity index (χ2n) is 7.13. The van der Waals surface area contributed by atoms with Crippen molar-refractivity contribution in [2.45, 2.75) is 38.5 Å². The highest BCUT2D eigenvalue weighted by molar-refractivity contribution is 5.12. The van der Waals surface area contributed by atoms with Gasteiger partial charge in [-0.3, -0.25) is 10.5 Å². The first-order valence-corrected chi connectivity index (χ1v) is 7.10. The van der Waals surface area contributed by atoms with E-state index in [4.69, 9.17) is 10.5 Å². The highest BCUT2D eigenvalue weighted by Gasteiger charge is 2.63. The Morgan fingerprint density at radius 3 is 0.812 bits per heavy atom. The highest BCUT2D eigenvalue weighted by atomic mass is 17.0. The van der Waals surface area contributed by atoms with Gasteiger partial charge in [-0.15, -0.1) is 0 Å². The Balaban J connectivity index is 0.000000345. The fourth-order valence-electron chi connectivity index (χ4n) is 6.89. The van der Waals surface area contributed by atoms with Crippen LogP contribution in [-0.4, -0.2) is 10.5 Å². The molecule has 0 radical (unpaired) electrons. The molecule has 2 heteroatoms. The fraction of sp³-hybridized carbons (Fsp3) is 1.00. The molecule has 0 aromatic rings. The molecule has 2 N–H and O–H groups in total. The maximum atomic E-state index is 6.00. The Kier molecular flexibility index (Phi) is 2.00. The van der Waals surface area contributed by atoms with Crippen molar-refractivity contribution in [3.63, 3.8) is 0 Å². The summed E-state index contributed by atoms with van der Waals surface area (Å²) in [4.78, 5) is 0. The molecule has 8 bridgehead atoms. The Morgan fingerprint density at radius 2 is 0.625 bits per heavy atom. The summed E-state index contributed by atoms with van der Waals surface area (Å²) in [5, 5.41) is 12.0. The molecule has 0 spiro atoms. The number of hydrogen-bond donors (Lipinski definition) is 2. The quantitative estimate of drug-likeness (QED) is 0.487. The van der Waals surface area contributed by atoms with Crippen molar-refractivity contribution in [3.05, 3.63) is 0 Å². The molecule has 7 saturated carbocycles. The van der Waals surface area contributed by atoms with Crippen LogP contribution in [0.1, 0.15) is 38.5 Å². The molecular formula is C14H22O2. The van der Waals surface area contributed by atoms with Gasteiger partial charge in [0.2, 0.25) is 0 Å². The molecule has 0 heterocycles. The molecule has 7 rings (SSSR count). The largest absolute Gasteiger partial charge is 0.255 e. The van der Waals surface area contributed by atoms with Crippen molar-refractivity contribution in [2.75, 3.05) is 0 Å². The van der Waals surface area contributed by atoms with Gasteiger partial charge in [0.15, 0.2) is 0 Å². The summed E-state index contributed by atoms with van der Waals surface area (Å²) < 4.78 is 0. The van der Waals surface area contributed by atoms with Crippen LogP contribution in [0.25, 0.3) is 0 Å². The molecule has 0 atom stereocenters. The van der Waals surface area contributed by atoms with E-state index in [9.17, 15) is 0 Å². The van der Waals surface area contributed by atoms with E-state index in [1.165, 1.54) is 47.3 Å². The Bertz CT molecular complexity index is 214. The standard InChI is InChI=1S/C14H20.H2O2/c1-7-2-12-10-4-8-5-11(9(1)10)13(3-7)14(12)6-8;1-2/h7-14H,1-6H2;1-2H. The van der Waals surface area contributed by atoms with Crippen molar-refractivity contribution in [3.8, 4) is 0 Å². The molecule has 0 aliphatic heterocycles. The lowest BCUT2D eigenvalue weighted by atomic mass is 9.36. The molecule has 0 aromatic carbocycles. The predicted molar refractivity (Wildman–Crippen MR) is 60.9 cm³/mol. The van der Waals surface area contributed by atoms with Crippen LogP contribution in [0.3, 0.4) is 0 Å². The van der Waals surface area contributed by atoms with Crippen molar-refractivity contribution in [1.29, 1.82) is 0 Å². The van der Waals surface area contributed by atoms with E-state index in [2.05, 4.69) is 0 Å². The minimum atomic E-state index is 1.19. The van der Waals surface area contributed by atoms with Gasteiger partial charge in [-0.25, -0.2) is 0 Å². The summed E-state index contributed by atoms with van der Waals surface area (Å²) in [7, 11) is 0. The minimum absolute atomic E-state index is 1.19. The SMILES string of the molecule is C1C2CC3C4CC5CC(C14)C(C2)C3C5.OO. The van der Waals surface area contributed by atoms with Crippen LogP contribution >= 0.6 is 0 Å². The van der Waals surface area contributed by atoms with Gasteiger partial charge in [-0.05, 0) is 85.9 Å². The van der Waals surface area contributed by atoms with Crippen molar-refractivity contribution in [2.24, 2.45) is 47.3 Å². The normalized spacial score (nSPS) is 63.4. The van der Waals surface area contributed by atoms with Crippen LogP contribution < -0.4 is 0 Å². The zero-order valence-electron chi connectivity index (χ0n) is 9.76. The summed E-state index contributed by atoms with van der Waals surface area (Å²) in [6.45, 7) is 0. The zero-order chi connectivity index (χ0) is 10.9. The second-order valence-corrected chi connectivity index (χ2v) is 7.13. The van der Waals surface area contributed by atoms with E-state index >= 15 is 0 Å². The van der Waals surface area contributed by atoms with E-state index in [-0.39, 0.29) is 0 Å². The van der Waals surface area contributed by atoms with Gasteiger partial charge in [-0.1, -0.05) is 0 Å². The van der Waals surface area contributed by atoms with Crippen LogP contribution in [0.2, 0.25) is 0 Å². The minimum Gasteiger partial charge on any atom is -0.255 e. The van der Waals surface area contributed by atoms with Crippen LogP contribution in [0, 0.1) is 47.3 Å². The third kappa shape index (κ3) is 1.01. The zero-order valence-corrected chi connectivity index (χ0v) is 9.76. The van der Waals surface area contributed by atoms with Gasteiger partial charge in [0.1, 0.15) is 0 Å². The lowest BCUT2D eigenvalue weighted by Crippen LogP contribution is -2.62. The van der Waals surface area contributed by atoms with Crippen LogP contribution in [0.5, 0.6) is 0 Å². The second kappa shape index (κ2) is 3.23. The summed E-state index contributed by atoms with van der Waals surface area (Å²) in [5.74, 6) is 9.74. The number of hydrogen-bond acceptors (Lipinski definition) is 2. The lowest BCUT2D eigenvalue weighted by Gasteiger charge is -2.69. The first-order chi connectivity index (χ1) is 7.90. The molecule has 0 unspecified atom stereocenters. The molecule has 0 saturated heterocycles. The van der Waals surface area contributed by atoms with Crippen LogP contribution in [0.4, 0.5) is 0 Å². The summed E-state index contributed by atoms with van der Waals surface area (Å²) >= 11 is 0. The molecule has 0 amide bonds. The fourth-order valence-corrected chi connectivity index (χ4v) is 6.89. The van der Waals surface area contributed by atoms with Gasteiger partial charge in [-0.2, -0.15) is 0 Å². The van der Waals surface area contributed by atoms with Crippen molar-refractivity contribution >= 4 is 0 Å². The van der Waals surface area contributed by atoms with Crippen LogP contribution in [-0.2, 0) is 0 Å². The summed E-state index contributed by atoms with van der Waals surface area (Å²) in [6, 6.07) is 0.